The van der Waals surface area contributed by atoms with Crippen LogP contribution in [-0.2, 0) is 13.0 Å². The van der Waals surface area contributed by atoms with E-state index in [1.807, 2.05) is 0 Å². The molecule has 0 spiro atoms. The SMILES string of the molecule is CC(C)Cc1ccc(CNC2CCCCC2O)cc1. The minimum atomic E-state index is -0.158. The van der Waals surface area contributed by atoms with E-state index < -0.39 is 0 Å². The van der Waals surface area contributed by atoms with E-state index in [-0.39, 0.29) is 12.1 Å². The first-order valence-corrected chi connectivity index (χ1v) is 7.64. The van der Waals surface area contributed by atoms with Crippen molar-refractivity contribution in [1.82, 2.24) is 5.32 Å². The van der Waals surface area contributed by atoms with Gasteiger partial charge in [-0.2, -0.15) is 0 Å². The standard InChI is InChI=1S/C17H27NO/c1-13(2)11-14-7-9-15(10-8-14)12-18-16-5-3-4-6-17(16)19/h7-10,13,16-19H,3-6,11-12H2,1-2H3. The second-order valence-corrected chi connectivity index (χ2v) is 6.25. The molecule has 1 saturated carbocycles. The minimum Gasteiger partial charge on any atom is -0.392 e. The Morgan fingerprint density at radius 1 is 1.11 bits per heavy atom. The molecule has 0 radical (unpaired) electrons. The molecule has 1 aliphatic carbocycles. The number of aliphatic hydroxyl groups is 1. The summed E-state index contributed by atoms with van der Waals surface area (Å²) in [6.07, 6.45) is 5.45. The highest BCUT2D eigenvalue weighted by atomic mass is 16.3. The zero-order chi connectivity index (χ0) is 13.7. The van der Waals surface area contributed by atoms with Crippen LogP contribution < -0.4 is 5.32 Å². The molecule has 19 heavy (non-hydrogen) atoms. The van der Waals surface area contributed by atoms with E-state index in [4.69, 9.17) is 0 Å². The largest absolute Gasteiger partial charge is 0.392 e. The maximum Gasteiger partial charge on any atom is 0.0693 e. The van der Waals surface area contributed by atoms with Crippen LogP contribution >= 0.6 is 0 Å². The van der Waals surface area contributed by atoms with Gasteiger partial charge in [0.2, 0.25) is 0 Å². The Labute approximate surface area is 117 Å². The van der Waals surface area contributed by atoms with Gasteiger partial charge in [-0.15, -0.1) is 0 Å². The van der Waals surface area contributed by atoms with Crippen LogP contribution in [0, 0.1) is 5.92 Å². The van der Waals surface area contributed by atoms with Crippen molar-refractivity contribution in [3.63, 3.8) is 0 Å². The van der Waals surface area contributed by atoms with Crippen LogP contribution in [0.2, 0.25) is 0 Å². The number of aliphatic hydroxyl groups excluding tert-OH is 1. The Balaban J connectivity index is 1.82. The smallest absolute Gasteiger partial charge is 0.0693 e. The third-order valence-electron chi connectivity index (χ3n) is 3.96. The highest BCUT2D eigenvalue weighted by Gasteiger charge is 2.21. The summed E-state index contributed by atoms with van der Waals surface area (Å²) >= 11 is 0. The predicted molar refractivity (Wildman–Crippen MR) is 80.1 cm³/mol. The van der Waals surface area contributed by atoms with Gasteiger partial charge in [-0.3, -0.25) is 0 Å². The van der Waals surface area contributed by atoms with Crippen LogP contribution in [0.3, 0.4) is 0 Å². The number of benzene rings is 1. The van der Waals surface area contributed by atoms with E-state index in [0.717, 1.165) is 25.8 Å². The van der Waals surface area contributed by atoms with E-state index in [2.05, 4.69) is 43.4 Å². The molecule has 0 bridgehead atoms. The molecule has 2 rings (SSSR count). The lowest BCUT2D eigenvalue weighted by molar-refractivity contribution is 0.0902. The van der Waals surface area contributed by atoms with Gasteiger partial charge in [0.25, 0.3) is 0 Å². The summed E-state index contributed by atoms with van der Waals surface area (Å²) in [5.41, 5.74) is 2.72. The molecule has 2 unspecified atom stereocenters. The average Bonchev–Trinajstić information content (AvgIpc) is 2.39. The number of hydrogen-bond acceptors (Lipinski definition) is 2. The molecular formula is C17H27NO. The lowest BCUT2D eigenvalue weighted by Gasteiger charge is -2.28. The summed E-state index contributed by atoms with van der Waals surface area (Å²) < 4.78 is 0. The molecule has 0 aliphatic heterocycles. The zero-order valence-electron chi connectivity index (χ0n) is 12.2. The van der Waals surface area contributed by atoms with Crippen LogP contribution in [0.4, 0.5) is 0 Å². The summed E-state index contributed by atoms with van der Waals surface area (Å²) in [5, 5.41) is 13.4. The molecule has 2 nitrogen and oxygen atoms in total. The molecule has 1 aromatic carbocycles. The summed E-state index contributed by atoms with van der Waals surface area (Å²) in [4.78, 5) is 0. The maximum absolute atomic E-state index is 9.93. The summed E-state index contributed by atoms with van der Waals surface area (Å²) in [6, 6.07) is 9.16. The van der Waals surface area contributed by atoms with Gasteiger partial charge < -0.3 is 10.4 Å². The van der Waals surface area contributed by atoms with Gasteiger partial charge in [0.1, 0.15) is 0 Å². The molecule has 0 saturated heterocycles. The van der Waals surface area contributed by atoms with Gasteiger partial charge in [0, 0.05) is 12.6 Å². The molecule has 106 valence electrons. The predicted octanol–water partition coefficient (Wildman–Crippen LogP) is 3.28. The van der Waals surface area contributed by atoms with Crippen molar-refractivity contribution in [2.24, 2.45) is 5.92 Å². The van der Waals surface area contributed by atoms with Crippen molar-refractivity contribution in [1.29, 1.82) is 0 Å². The van der Waals surface area contributed by atoms with Crippen molar-refractivity contribution in [2.45, 2.75) is 64.6 Å². The van der Waals surface area contributed by atoms with Gasteiger partial charge in [0.05, 0.1) is 6.10 Å². The van der Waals surface area contributed by atoms with Crippen molar-refractivity contribution < 1.29 is 5.11 Å². The fraction of sp³-hybridized carbons (Fsp3) is 0.647. The van der Waals surface area contributed by atoms with Crippen LogP contribution in [0.25, 0.3) is 0 Å². The first-order valence-electron chi connectivity index (χ1n) is 7.64. The molecule has 0 aromatic heterocycles. The Bertz CT molecular complexity index is 371. The topological polar surface area (TPSA) is 32.3 Å². The second kappa shape index (κ2) is 7.06. The lowest BCUT2D eigenvalue weighted by Crippen LogP contribution is -2.41. The highest BCUT2D eigenvalue weighted by molar-refractivity contribution is 5.22. The maximum atomic E-state index is 9.93. The fourth-order valence-electron chi connectivity index (χ4n) is 2.86. The third-order valence-corrected chi connectivity index (χ3v) is 3.96. The fourth-order valence-corrected chi connectivity index (χ4v) is 2.86. The lowest BCUT2D eigenvalue weighted by atomic mass is 9.92. The molecule has 2 N–H and O–H groups in total. The average molecular weight is 261 g/mol. The minimum absolute atomic E-state index is 0.158. The molecular weight excluding hydrogens is 234 g/mol. The van der Waals surface area contributed by atoms with Crippen molar-refractivity contribution in [2.75, 3.05) is 0 Å². The highest BCUT2D eigenvalue weighted by Crippen LogP contribution is 2.19. The Morgan fingerprint density at radius 2 is 1.74 bits per heavy atom. The van der Waals surface area contributed by atoms with Gasteiger partial charge in [-0.25, -0.2) is 0 Å². The Kier molecular flexibility index (Phi) is 5.41. The summed E-state index contributed by atoms with van der Waals surface area (Å²) in [7, 11) is 0. The third kappa shape index (κ3) is 4.63. The van der Waals surface area contributed by atoms with E-state index in [1.54, 1.807) is 0 Å². The molecule has 0 heterocycles. The summed E-state index contributed by atoms with van der Waals surface area (Å²) in [5.74, 6) is 0.710. The molecule has 0 amide bonds. The van der Waals surface area contributed by atoms with Gasteiger partial charge in [-0.05, 0) is 36.3 Å². The monoisotopic (exact) mass is 261 g/mol. The van der Waals surface area contributed by atoms with Crippen LogP contribution in [-0.4, -0.2) is 17.3 Å². The van der Waals surface area contributed by atoms with E-state index in [0.29, 0.717) is 5.92 Å². The number of hydrogen-bond donors (Lipinski definition) is 2. The van der Waals surface area contributed by atoms with E-state index >= 15 is 0 Å². The van der Waals surface area contributed by atoms with Gasteiger partial charge in [0.15, 0.2) is 0 Å². The molecule has 2 heteroatoms. The van der Waals surface area contributed by atoms with Gasteiger partial charge in [-0.1, -0.05) is 51.0 Å². The molecule has 1 aromatic rings. The Hall–Kier alpha value is -0.860. The van der Waals surface area contributed by atoms with Crippen LogP contribution in [0.5, 0.6) is 0 Å². The summed E-state index contributed by atoms with van der Waals surface area (Å²) in [6.45, 7) is 5.36. The van der Waals surface area contributed by atoms with E-state index in [9.17, 15) is 5.11 Å². The first-order chi connectivity index (χ1) is 9.15. The Morgan fingerprint density at radius 3 is 2.37 bits per heavy atom. The van der Waals surface area contributed by atoms with Crippen molar-refractivity contribution >= 4 is 0 Å². The van der Waals surface area contributed by atoms with Gasteiger partial charge >= 0.3 is 0 Å². The zero-order valence-corrected chi connectivity index (χ0v) is 12.2. The molecule has 1 fully saturated rings. The molecule has 2 atom stereocenters. The van der Waals surface area contributed by atoms with Crippen LogP contribution in [0.1, 0.15) is 50.7 Å². The number of nitrogens with one attached hydrogen (secondary N) is 1. The first kappa shape index (κ1) is 14.5. The van der Waals surface area contributed by atoms with Crippen LogP contribution in [0.15, 0.2) is 24.3 Å². The van der Waals surface area contributed by atoms with Crippen molar-refractivity contribution in [3.8, 4) is 0 Å². The quantitative estimate of drug-likeness (QED) is 0.852. The van der Waals surface area contributed by atoms with E-state index in [1.165, 1.54) is 24.0 Å². The number of rotatable bonds is 5. The van der Waals surface area contributed by atoms with Crippen molar-refractivity contribution in [3.05, 3.63) is 35.4 Å². The second-order valence-electron chi connectivity index (χ2n) is 6.25. The normalized spacial score (nSPS) is 23.8. The molecule has 1 aliphatic rings.